The zero-order valence-electron chi connectivity index (χ0n) is 13.2. The van der Waals surface area contributed by atoms with Crippen molar-refractivity contribution in [2.75, 3.05) is 5.23 Å². The van der Waals surface area contributed by atoms with Crippen molar-refractivity contribution >= 4 is 58.5 Å². The molecule has 0 bridgehead atoms. The van der Waals surface area contributed by atoms with Gasteiger partial charge in [-0.25, -0.2) is 0 Å². The molecular formula is C18H12ClN2O3S2-. The number of fused-ring (bicyclic) bond motifs is 1. The summed E-state index contributed by atoms with van der Waals surface area (Å²) in [5.74, 6) is -0.0529. The molecule has 2 aliphatic heterocycles. The SMILES string of the molecule is O=C1/C(=C/c2ccc(Cl)cc2)SC2SC=C(c3ccc(N([O-])O)cc3)N12. The largest absolute Gasteiger partial charge is 0.733 e. The zero-order chi connectivity index (χ0) is 18.3. The number of hydrogen-bond donors (Lipinski definition) is 1. The van der Waals surface area contributed by atoms with Crippen LogP contribution in [0.15, 0.2) is 58.8 Å². The van der Waals surface area contributed by atoms with E-state index >= 15 is 0 Å². The Morgan fingerprint density at radius 3 is 2.50 bits per heavy atom. The average molecular weight is 404 g/mol. The molecule has 1 N–H and O–H groups in total. The number of rotatable bonds is 3. The van der Waals surface area contributed by atoms with Gasteiger partial charge in [0.1, 0.15) is 4.71 Å². The standard InChI is InChI=1S/C18H12ClN2O3S2/c19-13-5-1-11(2-6-13)9-16-17(22)20-15(10-25-18(20)26-16)12-3-7-14(8-4-12)21(23)24/h1-10,18,23H/q-1/b16-9-. The normalized spacial score (nSPS) is 20.5. The highest BCUT2D eigenvalue weighted by Crippen LogP contribution is 2.51. The van der Waals surface area contributed by atoms with Crippen LogP contribution in [0.3, 0.4) is 0 Å². The van der Waals surface area contributed by atoms with E-state index in [0.29, 0.717) is 9.93 Å². The van der Waals surface area contributed by atoms with E-state index in [1.54, 1.807) is 40.9 Å². The summed E-state index contributed by atoms with van der Waals surface area (Å²) in [6, 6.07) is 13.8. The minimum atomic E-state index is -0.186. The number of thioether (sulfide) groups is 2. The van der Waals surface area contributed by atoms with Crippen LogP contribution in [0.4, 0.5) is 5.69 Å². The van der Waals surface area contributed by atoms with Crippen LogP contribution in [-0.2, 0) is 4.79 Å². The molecule has 1 fully saturated rings. The molecule has 4 rings (SSSR count). The Morgan fingerprint density at radius 1 is 1.15 bits per heavy atom. The van der Waals surface area contributed by atoms with Crippen LogP contribution in [0.2, 0.25) is 5.02 Å². The number of hydrogen-bond acceptors (Lipinski definition) is 6. The van der Waals surface area contributed by atoms with Gasteiger partial charge in [0.2, 0.25) is 0 Å². The summed E-state index contributed by atoms with van der Waals surface area (Å²) in [5, 5.41) is 22.3. The van der Waals surface area contributed by atoms with E-state index < -0.39 is 0 Å². The minimum Gasteiger partial charge on any atom is -0.733 e. The molecule has 26 heavy (non-hydrogen) atoms. The Labute approximate surface area is 163 Å². The van der Waals surface area contributed by atoms with Crippen LogP contribution in [-0.4, -0.2) is 20.7 Å². The third-order valence-corrected chi connectivity index (χ3v) is 6.61. The molecule has 0 aromatic heterocycles. The highest BCUT2D eigenvalue weighted by molar-refractivity contribution is 8.21. The first kappa shape index (κ1) is 17.5. The summed E-state index contributed by atoms with van der Waals surface area (Å²) < 4.78 is -0.0374. The van der Waals surface area contributed by atoms with Crippen LogP contribution in [0.1, 0.15) is 11.1 Å². The van der Waals surface area contributed by atoms with E-state index in [9.17, 15) is 10.0 Å². The predicted molar refractivity (Wildman–Crippen MR) is 107 cm³/mol. The number of benzene rings is 2. The molecule has 2 aromatic carbocycles. The topological polar surface area (TPSA) is 66.8 Å². The van der Waals surface area contributed by atoms with E-state index in [4.69, 9.17) is 16.8 Å². The monoisotopic (exact) mass is 403 g/mol. The lowest BCUT2D eigenvalue weighted by molar-refractivity contribution is -0.122. The van der Waals surface area contributed by atoms with Crippen LogP contribution in [0.25, 0.3) is 11.8 Å². The molecular weight excluding hydrogens is 392 g/mol. The maximum Gasteiger partial charge on any atom is 0.266 e. The van der Waals surface area contributed by atoms with Gasteiger partial charge in [0.05, 0.1) is 16.3 Å². The molecule has 0 radical (unpaired) electrons. The van der Waals surface area contributed by atoms with E-state index in [-0.39, 0.29) is 21.5 Å². The molecule has 2 heterocycles. The highest BCUT2D eigenvalue weighted by Gasteiger charge is 2.42. The van der Waals surface area contributed by atoms with Gasteiger partial charge in [0.15, 0.2) is 0 Å². The zero-order valence-corrected chi connectivity index (χ0v) is 15.6. The average Bonchev–Trinajstić information content (AvgIpc) is 3.18. The van der Waals surface area contributed by atoms with Gasteiger partial charge >= 0.3 is 0 Å². The molecule has 0 spiro atoms. The van der Waals surface area contributed by atoms with Crippen molar-refractivity contribution in [3.63, 3.8) is 0 Å². The lowest BCUT2D eigenvalue weighted by Gasteiger charge is -2.22. The van der Waals surface area contributed by atoms with Gasteiger partial charge in [-0.05, 0) is 46.9 Å². The molecule has 2 aromatic rings. The van der Waals surface area contributed by atoms with Crippen molar-refractivity contribution in [3.05, 3.63) is 80.2 Å². The van der Waals surface area contributed by atoms with E-state index in [2.05, 4.69) is 0 Å². The van der Waals surface area contributed by atoms with Gasteiger partial charge in [-0.2, -0.15) is 0 Å². The molecule has 2 aliphatic rings. The lowest BCUT2D eigenvalue weighted by atomic mass is 10.1. The molecule has 0 aliphatic carbocycles. The van der Waals surface area contributed by atoms with E-state index in [1.807, 2.05) is 23.6 Å². The molecule has 0 saturated carbocycles. The van der Waals surface area contributed by atoms with Gasteiger partial charge in [0.25, 0.3) is 5.91 Å². The third kappa shape index (κ3) is 3.24. The molecule has 1 saturated heterocycles. The number of anilines is 1. The first-order chi connectivity index (χ1) is 12.5. The Kier molecular flexibility index (Phi) is 4.73. The molecule has 1 unspecified atom stereocenters. The first-order valence-corrected chi connectivity index (χ1v) is 9.83. The second-order valence-electron chi connectivity index (χ2n) is 5.62. The van der Waals surface area contributed by atoms with Gasteiger partial charge < -0.3 is 10.4 Å². The number of amides is 1. The fraction of sp³-hybridized carbons (Fsp3) is 0.0556. The summed E-state index contributed by atoms with van der Waals surface area (Å²) in [5.41, 5.74) is 2.66. The van der Waals surface area contributed by atoms with Crippen LogP contribution >= 0.6 is 35.1 Å². The Bertz CT molecular complexity index is 911. The first-order valence-electron chi connectivity index (χ1n) is 7.62. The van der Waals surface area contributed by atoms with Gasteiger partial charge in [0, 0.05) is 5.02 Å². The van der Waals surface area contributed by atoms with Crippen LogP contribution < -0.4 is 5.23 Å². The Hall–Kier alpha value is -1.90. The maximum atomic E-state index is 12.9. The molecule has 1 amide bonds. The highest BCUT2D eigenvalue weighted by atomic mass is 35.5. The van der Waals surface area contributed by atoms with Crippen molar-refractivity contribution in [1.29, 1.82) is 0 Å². The van der Waals surface area contributed by atoms with Crippen molar-refractivity contribution in [1.82, 2.24) is 4.90 Å². The number of nitrogens with zero attached hydrogens (tertiary/aromatic N) is 2. The fourth-order valence-electron chi connectivity index (χ4n) is 2.69. The fourth-order valence-corrected chi connectivity index (χ4v) is 5.28. The summed E-state index contributed by atoms with van der Waals surface area (Å²) in [7, 11) is 0. The van der Waals surface area contributed by atoms with Crippen LogP contribution in [0.5, 0.6) is 0 Å². The Morgan fingerprint density at radius 2 is 1.85 bits per heavy atom. The number of carbonyl (C=O) groups is 1. The molecule has 132 valence electrons. The number of halogens is 1. The van der Waals surface area contributed by atoms with Gasteiger partial charge in [-0.1, -0.05) is 59.4 Å². The summed E-state index contributed by atoms with van der Waals surface area (Å²) >= 11 is 8.98. The summed E-state index contributed by atoms with van der Waals surface area (Å²) in [6.07, 6.45) is 1.87. The molecule has 5 nitrogen and oxygen atoms in total. The lowest BCUT2D eigenvalue weighted by Crippen LogP contribution is -2.25. The summed E-state index contributed by atoms with van der Waals surface area (Å²) in [6.45, 7) is 0. The van der Waals surface area contributed by atoms with E-state index in [0.717, 1.165) is 16.8 Å². The minimum absolute atomic E-state index is 0.0374. The Balaban J connectivity index is 1.59. The smallest absolute Gasteiger partial charge is 0.266 e. The maximum absolute atomic E-state index is 12.9. The van der Waals surface area contributed by atoms with Crippen molar-refractivity contribution in [2.24, 2.45) is 0 Å². The van der Waals surface area contributed by atoms with E-state index in [1.165, 1.54) is 23.9 Å². The second-order valence-corrected chi connectivity index (χ2v) is 8.43. The van der Waals surface area contributed by atoms with Crippen molar-refractivity contribution in [3.8, 4) is 0 Å². The van der Waals surface area contributed by atoms with Gasteiger partial charge in [-0.15, -0.1) is 0 Å². The van der Waals surface area contributed by atoms with Gasteiger partial charge in [-0.3, -0.25) is 14.9 Å². The molecule has 8 heteroatoms. The van der Waals surface area contributed by atoms with Crippen molar-refractivity contribution < 1.29 is 10.0 Å². The quantitative estimate of drug-likeness (QED) is 0.576. The molecule has 1 atom stereocenters. The van der Waals surface area contributed by atoms with Crippen LogP contribution in [0, 0.1) is 5.21 Å². The predicted octanol–water partition coefficient (Wildman–Crippen LogP) is 4.98. The third-order valence-electron chi connectivity index (χ3n) is 3.98. The number of carbonyl (C=O) groups excluding carboxylic acids is 1. The van der Waals surface area contributed by atoms with Crippen molar-refractivity contribution in [2.45, 2.75) is 4.71 Å². The second kappa shape index (κ2) is 7.02. The summed E-state index contributed by atoms with van der Waals surface area (Å²) in [4.78, 5) is 15.3.